The molecule has 122 valence electrons. The van der Waals surface area contributed by atoms with Crippen LogP contribution in [0.2, 0.25) is 0 Å². The van der Waals surface area contributed by atoms with E-state index in [9.17, 15) is 0 Å². The highest BCUT2D eigenvalue weighted by atomic mass is 35.5. The van der Waals surface area contributed by atoms with Crippen LogP contribution in [0.3, 0.4) is 0 Å². The van der Waals surface area contributed by atoms with Gasteiger partial charge in [0.1, 0.15) is 0 Å². The fourth-order valence-corrected chi connectivity index (χ4v) is 2.29. The molecule has 1 saturated heterocycles. The van der Waals surface area contributed by atoms with Crippen LogP contribution in [-0.2, 0) is 4.74 Å². The molecule has 0 amide bonds. The fraction of sp³-hybridized carbons (Fsp3) is 1.00. The Labute approximate surface area is 127 Å². The number of rotatable bonds is 9. The zero-order chi connectivity index (χ0) is 11.5. The van der Waals surface area contributed by atoms with Gasteiger partial charge in [-0.15, -0.1) is 12.4 Å². The third-order valence-corrected chi connectivity index (χ3v) is 3.43. The molecule has 0 radical (unpaired) electrons. The Morgan fingerprint density at radius 3 is 1.84 bits per heavy atom. The number of hydrogen-bond donors (Lipinski definition) is 2. The molecule has 0 aromatic heterocycles. The number of morpholine rings is 1. The molecule has 0 bridgehead atoms. The van der Waals surface area contributed by atoms with Gasteiger partial charge in [-0.25, -0.2) is 0 Å². The van der Waals surface area contributed by atoms with Gasteiger partial charge in [0.15, 0.2) is 0 Å². The van der Waals surface area contributed by atoms with Crippen LogP contribution in [0.1, 0.15) is 59.7 Å². The van der Waals surface area contributed by atoms with Crippen molar-refractivity contribution in [1.82, 2.24) is 17.2 Å². The molecule has 19 heavy (non-hydrogen) atoms. The molecule has 0 aliphatic carbocycles. The first-order valence-electron chi connectivity index (χ1n) is 7.23. The Balaban J connectivity index is -0.000000320. The highest BCUT2D eigenvalue weighted by molar-refractivity contribution is 5.85. The number of ether oxygens (including phenoxy) is 1. The van der Waals surface area contributed by atoms with E-state index in [-0.39, 0.29) is 26.1 Å². The van der Waals surface area contributed by atoms with Crippen molar-refractivity contribution in [2.24, 2.45) is 0 Å². The van der Waals surface area contributed by atoms with Crippen molar-refractivity contribution in [3.05, 3.63) is 0 Å². The lowest BCUT2D eigenvalue weighted by molar-refractivity contribution is 0.0371. The summed E-state index contributed by atoms with van der Waals surface area (Å²) in [7, 11) is 0. The van der Waals surface area contributed by atoms with E-state index in [0.29, 0.717) is 0 Å². The third kappa shape index (κ3) is 14.4. The molecular formula is C14H38ClN3O. The summed E-state index contributed by atoms with van der Waals surface area (Å²) in [5.74, 6) is 0. The van der Waals surface area contributed by atoms with Gasteiger partial charge in [0, 0.05) is 14.5 Å². The van der Waals surface area contributed by atoms with E-state index in [2.05, 4.69) is 11.8 Å². The lowest BCUT2D eigenvalue weighted by Crippen LogP contribution is -2.36. The summed E-state index contributed by atoms with van der Waals surface area (Å²) in [6, 6.07) is 0. The second-order valence-corrected chi connectivity index (χ2v) is 4.93. The van der Waals surface area contributed by atoms with Gasteiger partial charge in [-0.1, -0.05) is 51.9 Å². The summed E-state index contributed by atoms with van der Waals surface area (Å²) < 4.78 is 5.34. The lowest BCUT2D eigenvalue weighted by Gasteiger charge is -2.26. The predicted octanol–water partition coefficient (Wildman–Crippen LogP) is 4.45. The van der Waals surface area contributed by atoms with Crippen LogP contribution >= 0.6 is 12.4 Å². The average molecular weight is 300 g/mol. The Morgan fingerprint density at radius 1 is 0.842 bits per heavy atom. The molecule has 0 aromatic rings. The van der Waals surface area contributed by atoms with Crippen molar-refractivity contribution >= 4 is 12.4 Å². The summed E-state index contributed by atoms with van der Waals surface area (Å²) in [4.78, 5) is 2.54. The molecule has 0 spiro atoms. The van der Waals surface area contributed by atoms with Gasteiger partial charge in [-0.3, -0.25) is 4.90 Å². The summed E-state index contributed by atoms with van der Waals surface area (Å²) in [5.41, 5.74) is 0. The number of halogens is 1. The van der Waals surface area contributed by atoms with Gasteiger partial charge in [-0.05, 0) is 13.0 Å². The van der Waals surface area contributed by atoms with Crippen LogP contribution in [0.4, 0.5) is 0 Å². The van der Waals surface area contributed by atoms with Crippen LogP contribution in [0.25, 0.3) is 0 Å². The van der Waals surface area contributed by atoms with Gasteiger partial charge >= 0.3 is 0 Å². The molecule has 1 rings (SSSR count). The van der Waals surface area contributed by atoms with Crippen molar-refractivity contribution in [1.29, 1.82) is 0 Å². The summed E-state index contributed by atoms with van der Waals surface area (Å²) in [6.45, 7) is 7.75. The molecule has 6 N–H and O–H groups in total. The molecule has 5 heteroatoms. The van der Waals surface area contributed by atoms with Gasteiger partial charge in [0.25, 0.3) is 0 Å². The third-order valence-electron chi connectivity index (χ3n) is 3.43. The minimum Gasteiger partial charge on any atom is -0.379 e. The Kier molecular flexibility index (Phi) is 23.1. The summed E-state index contributed by atoms with van der Waals surface area (Å²) in [5, 5.41) is 0. The van der Waals surface area contributed by atoms with Gasteiger partial charge in [-0.2, -0.15) is 0 Å². The quantitative estimate of drug-likeness (QED) is 0.616. The number of nitrogens with zero attached hydrogens (tertiary/aromatic N) is 1. The highest BCUT2D eigenvalue weighted by Crippen LogP contribution is 2.09. The first-order chi connectivity index (χ1) is 7.93. The Hall–Kier alpha value is 0.130. The zero-order valence-electron chi connectivity index (χ0n) is 12.9. The van der Waals surface area contributed by atoms with Crippen molar-refractivity contribution in [2.75, 3.05) is 32.8 Å². The number of hydrogen-bond acceptors (Lipinski definition) is 4. The van der Waals surface area contributed by atoms with E-state index >= 15 is 0 Å². The largest absolute Gasteiger partial charge is 0.379 e. The van der Waals surface area contributed by atoms with E-state index in [1.807, 2.05) is 0 Å². The molecule has 1 aliphatic heterocycles. The molecule has 1 fully saturated rings. The van der Waals surface area contributed by atoms with E-state index in [0.717, 1.165) is 26.3 Å². The van der Waals surface area contributed by atoms with E-state index < -0.39 is 0 Å². The molecule has 1 aliphatic rings. The van der Waals surface area contributed by atoms with E-state index in [4.69, 9.17) is 4.74 Å². The minimum atomic E-state index is 0. The van der Waals surface area contributed by atoms with Crippen molar-refractivity contribution in [3.8, 4) is 0 Å². The predicted molar refractivity (Wildman–Crippen MR) is 89.3 cm³/mol. The smallest absolute Gasteiger partial charge is 0.0594 e. The molecule has 1 heterocycles. The van der Waals surface area contributed by atoms with Crippen molar-refractivity contribution in [2.45, 2.75) is 58.3 Å². The SMILES string of the molecule is CCCCCCCCCCN1CCOCC1.Cl.N.N.[HH]. The standard InChI is InChI=1S/C14H29NO.ClH.2H3N.H2/c1-2-3-4-5-6-7-8-9-10-15-11-13-16-14-12-15;;;;/h2-14H2,1H3;1H;2*1H3;1H. The van der Waals surface area contributed by atoms with Crippen LogP contribution in [-0.4, -0.2) is 37.7 Å². The maximum Gasteiger partial charge on any atom is 0.0594 e. The first-order valence-corrected chi connectivity index (χ1v) is 7.23. The van der Waals surface area contributed by atoms with Gasteiger partial charge in [0.2, 0.25) is 0 Å². The normalized spacial score (nSPS) is 15.0. The Bertz CT molecular complexity index is 161. The molecule has 4 nitrogen and oxygen atoms in total. The lowest BCUT2D eigenvalue weighted by atomic mass is 10.1. The van der Waals surface area contributed by atoms with E-state index in [1.165, 1.54) is 57.9 Å². The second kappa shape index (κ2) is 18.1. The van der Waals surface area contributed by atoms with Crippen molar-refractivity contribution < 1.29 is 6.16 Å². The van der Waals surface area contributed by atoms with E-state index in [1.54, 1.807) is 0 Å². The maximum atomic E-state index is 5.34. The van der Waals surface area contributed by atoms with Gasteiger partial charge in [0.05, 0.1) is 13.2 Å². The average Bonchev–Trinajstić information content (AvgIpc) is 2.34. The summed E-state index contributed by atoms with van der Waals surface area (Å²) >= 11 is 0. The molecular weight excluding hydrogens is 262 g/mol. The topological polar surface area (TPSA) is 82.5 Å². The molecule has 0 unspecified atom stereocenters. The summed E-state index contributed by atoms with van der Waals surface area (Å²) in [6.07, 6.45) is 11.4. The minimum absolute atomic E-state index is 0. The molecule has 0 atom stereocenters. The fourth-order valence-electron chi connectivity index (χ4n) is 2.29. The molecule has 0 saturated carbocycles. The monoisotopic (exact) mass is 299 g/mol. The van der Waals surface area contributed by atoms with Crippen LogP contribution < -0.4 is 12.3 Å². The van der Waals surface area contributed by atoms with Crippen molar-refractivity contribution in [3.63, 3.8) is 0 Å². The maximum absolute atomic E-state index is 5.34. The first kappa shape index (κ1) is 24.2. The molecule has 0 aromatic carbocycles. The van der Waals surface area contributed by atoms with Gasteiger partial charge < -0.3 is 17.0 Å². The zero-order valence-corrected chi connectivity index (χ0v) is 13.7. The Morgan fingerprint density at radius 2 is 1.32 bits per heavy atom. The van der Waals surface area contributed by atoms with Crippen LogP contribution in [0, 0.1) is 0 Å². The highest BCUT2D eigenvalue weighted by Gasteiger charge is 2.08. The number of unbranched alkanes of at least 4 members (excludes halogenated alkanes) is 7. The second-order valence-electron chi connectivity index (χ2n) is 4.93. The van der Waals surface area contributed by atoms with Crippen LogP contribution in [0.15, 0.2) is 0 Å². The van der Waals surface area contributed by atoms with Crippen LogP contribution in [0.5, 0.6) is 0 Å².